The van der Waals surface area contributed by atoms with Crippen LogP contribution in [0.4, 0.5) is 0 Å². The van der Waals surface area contributed by atoms with Crippen LogP contribution in [-0.4, -0.2) is 0 Å². The molecule has 5 saturated carbocycles. The molecule has 5 fully saturated rings. The summed E-state index contributed by atoms with van der Waals surface area (Å²) in [6.45, 7) is 14.8. The molecule has 0 aromatic heterocycles. The minimum atomic E-state index is 1.00. The Labute approximate surface area is 221 Å². The van der Waals surface area contributed by atoms with Crippen LogP contribution in [0, 0.1) is 71.0 Å². The summed E-state index contributed by atoms with van der Waals surface area (Å²) in [4.78, 5) is 0. The Hall–Kier alpha value is 0. The van der Waals surface area contributed by atoms with Gasteiger partial charge < -0.3 is 0 Å². The van der Waals surface area contributed by atoms with E-state index in [1.165, 1.54) is 57.8 Å². The SMILES string of the molecule is CC1CC2CCCCC2C1C.CCCCC1C(C)CC2CCCC2C1C1CCC(CC)C(CC)C1. The quantitative estimate of drug-likeness (QED) is 0.351. The average Bonchev–Trinajstić information content (AvgIpc) is 3.46. The van der Waals surface area contributed by atoms with Crippen LogP contribution < -0.4 is 0 Å². The van der Waals surface area contributed by atoms with E-state index in [9.17, 15) is 0 Å². The van der Waals surface area contributed by atoms with Crippen molar-refractivity contribution in [3.63, 3.8) is 0 Å². The van der Waals surface area contributed by atoms with E-state index in [1.807, 2.05) is 0 Å². The largest absolute Gasteiger partial charge is 0.0654 e. The number of fused-ring (bicyclic) bond motifs is 2. The fourth-order valence-electron chi connectivity index (χ4n) is 10.9. The maximum absolute atomic E-state index is 2.62. The molecule has 0 heteroatoms. The molecule has 12 atom stereocenters. The van der Waals surface area contributed by atoms with Crippen molar-refractivity contribution in [2.45, 2.75) is 151 Å². The van der Waals surface area contributed by atoms with Gasteiger partial charge in [-0.25, -0.2) is 0 Å². The van der Waals surface area contributed by atoms with Gasteiger partial charge in [0.1, 0.15) is 0 Å². The van der Waals surface area contributed by atoms with Gasteiger partial charge in [0.2, 0.25) is 0 Å². The second-order valence-corrected chi connectivity index (χ2v) is 14.6. The van der Waals surface area contributed by atoms with Crippen molar-refractivity contribution in [2.24, 2.45) is 71.0 Å². The number of unbranched alkanes of at least 4 members (excludes halogenated alkanes) is 1. The van der Waals surface area contributed by atoms with Crippen molar-refractivity contribution in [1.82, 2.24) is 0 Å². The van der Waals surface area contributed by atoms with Crippen LogP contribution in [0.1, 0.15) is 151 Å². The Morgan fingerprint density at radius 3 is 1.94 bits per heavy atom. The van der Waals surface area contributed by atoms with Gasteiger partial charge in [0.15, 0.2) is 0 Å². The zero-order valence-electron chi connectivity index (χ0n) is 24.9. The lowest BCUT2D eigenvalue weighted by molar-refractivity contribution is -0.0149. The topological polar surface area (TPSA) is 0 Å². The standard InChI is InChI=1S/C24H44.C11H20/c1-5-8-11-22-17(4)15-20-10-9-12-23(20)24(22)21-14-13-18(6-2)19(7-3)16-21;1-8-7-10-5-3-4-6-11(10)9(8)2/h17-24H,5-16H2,1-4H3;8-11H,3-7H2,1-2H3. The molecule has 0 N–H and O–H groups in total. The summed E-state index contributed by atoms with van der Waals surface area (Å²) in [5.41, 5.74) is 0. The summed E-state index contributed by atoms with van der Waals surface area (Å²) in [6, 6.07) is 0. The number of hydrogen-bond donors (Lipinski definition) is 0. The molecule has 0 aliphatic heterocycles. The Morgan fingerprint density at radius 2 is 1.23 bits per heavy atom. The van der Waals surface area contributed by atoms with Crippen LogP contribution in [0.2, 0.25) is 0 Å². The molecular weight excluding hydrogens is 420 g/mol. The molecule has 204 valence electrons. The van der Waals surface area contributed by atoms with E-state index < -0.39 is 0 Å². The van der Waals surface area contributed by atoms with Gasteiger partial charge in [0.25, 0.3) is 0 Å². The lowest BCUT2D eigenvalue weighted by atomic mass is 9.55. The maximum atomic E-state index is 2.62. The van der Waals surface area contributed by atoms with Crippen LogP contribution in [0.3, 0.4) is 0 Å². The molecule has 5 aliphatic carbocycles. The maximum Gasteiger partial charge on any atom is -0.0324 e. The fraction of sp³-hybridized carbons (Fsp3) is 1.00. The van der Waals surface area contributed by atoms with E-state index in [1.54, 1.807) is 51.4 Å². The van der Waals surface area contributed by atoms with Crippen molar-refractivity contribution in [1.29, 1.82) is 0 Å². The third kappa shape index (κ3) is 6.36. The van der Waals surface area contributed by atoms with Gasteiger partial charge in [-0.15, -0.1) is 0 Å². The van der Waals surface area contributed by atoms with Crippen LogP contribution >= 0.6 is 0 Å². The Kier molecular flexibility index (Phi) is 10.6. The molecule has 0 amide bonds. The predicted octanol–water partition coefficient (Wildman–Crippen LogP) is 11.2. The van der Waals surface area contributed by atoms with Crippen molar-refractivity contribution in [3.05, 3.63) is 0 Å². The highest BCUT2D eigenvalue weighted by Gasteiger charge is 2.48. The Bertz CT molecular complexity index is 607. The van der Waals surface area contributed by atoms with Gasteiger partial charge in [0.05, 0.1) is 0 Å². The molecule has 0 saturated heterocycles. The van der Waals surface area contributed by atoms with Gasteiger partial charge >= 0.3 is 0 Å². The van der Waals surface area contributed by atoms with E-state index in [0.717, 1.165) is 71.0 Å². The molecule has 5 rings (SSSR count). The second kappa shape index (κ2) is 13.2. The highest BCUT2D eigenvalue weighted by atomic mass is 14.5. The summed E-state index contributed by atoms with van der Waals surface area (Å²) < 4.78 is 0. The summed E-state index contributed by atoms with van der Waals surface area (Å²) in [5.74, 6) is 12.8. The van der Waals surface area contributed by atoms with Crippen LogP contribution in [0.5, 0.6) is 0 Å². The van der Waals surface area contributed by atoms with E-state index in [2.05, 4.69) is 41.5 Å². The first-order chi connectivity index (χ1) is 17.0. The second-order valence-electron chi connectivity index (χ2n) is 14.6. The van der Waals surface area contributed by atoms with Crippen molar-refractivity contribution < 1.29 is 0 Å². The summed E-state index contributed by atoms with van der Waals surface area (Å²) in [7, 11) is 0. The first-order valence-corrected chi connectivity index (χ1v) is 17.0. The monoisotopic (exact) mass is 485 g/mol. The van der Waals surface area contributed by atoms with Gasteiger partial charge in [0, 0.05) is 0 Å². The van der Waals surface area contributed by atoms with E-state index in [4.69, 9.17) is 0 Å². The molecule has 35 heavy (non-hydrogen) atoms. The molecule has 0 bridgehead atoms. The number of rotatable bonds is 6. The normalized spacial score (nSPS) is 47.5. The Morgan fingerprint density at radius 1 is 0.571 bits per heavy atom. The Balaban J connectivity index is 0.000000218. The smallest absolute Gasteiger partial charge is 0.0324 e. The summed E-state index contributed by atoms with van der Waals surface area (Å²) in [5, 5.41) is 0. The molecule has 12 unspecified atom stereocenters. The van der Waals surface area contributed by atoms with Gasteiger partial charge in [-0.2, -0.15) is 0 Å². The molecule has 0 nitrogen and oxygen atoms in total. The average molecular weight is 485 g/mol. The highest BCUT2D eigenvalue weighted by Crippen LogP contribution is 2.57. The van der Waals surface area contributed by atoms with Crippen molar-refractivity contribution in [2.75, 3.05) is 0 Å². The highest BCUT2D eigenvalue weighted by molar-refractivity contribution is 4.98. The summed E-state index contributed by atoms with van der Waals surface area (Å²) in [6.07, 6.45) is 25.9. The fourth-order valence-corrected chi connectivity index (χ4v) is 10.9. The molecule has 5 aliphatic rings. The van der Waals surface area contributed by atoms with E-state index in [0.29, 0.717) is 0 Å². The third-order valence-electron chi connectivity index (χ3n) is 13.0. The minimum absolute atomic E-state index is 1.00. The predicted molar refractivity (Wildman–Crippen MR) is 154 cm³/mol. The molecule has 0 radical (unpaired) electrons. The minimum Gasteiger partial charge on any atom is -0.0654 e. The van der Waals surface area contributed by atoms with Crippen molar-refractivity contribution in [3.8, 4) is 0 Å². The van der Waals surface area contributed by atoms with Gasteiger partial charge in [-0.05, 0) is 122 Å². The molecule has 0 aromatic carbocycles. The van der Waals surface area contributed by atoms with E-state index in [-0.39, 0.29) is 0 Å². The number of hydrogen-bond acceptors (Lipinski definition) is 0. The first kappa shape index (κ1) is 28.0. The third-order valence-corrected chi connectivity index (χ3v) is 13.0. The summed E-state index contributed by atoms with van der Waals surface area (Å²) >= 11 is 0. The zero-order valence-corrected chi connectivity index (χ0v) is 24.9. The van der Waals surface area contributed by atoms with Crippen LogP contribution in [-0.2, 0) is 0 Å². The zero-order chi connectivity index (χ0) is 24.9. The first-order valence-electron chi connectivity index (χ1n) is 17.0. The lowest BCUT2D eigenvalue weighted by Crippen LogP contribution is -2.43. The van der Waals surface area contributed by atoms with Gasteiger partial charge in [-0.1, -0.05) is 99.3 Å². The van der Waals surface area contributed by atoms with Crippen molar-refractivity contribution >= 4 is 0 Å². The van der Waals surface area contributed by atoms with Crippen LogP contribution in [0.15, 0.2) is 0 Å². The molecular formula is C35H64. The molecule has 0 aromatic rings. The van der Waals surface area contributed by atoms with Gasteiger partial charge in [-0.3, -0.25) is 0 Å². The van der Waals surface area contributed by atoms with Crippen LogP contribution in [0.25, 0.3) is 0 Å². The van der Waals surface area contributed by atoms with E-state index >= 15 is 0 Å². The molecule has 0 heterocycles. The lowest BCUT2D eigenvalue weighted by Gasteiger charge is -2.51. The molecule has 0 spiro atoms.